The average molecular weight is 316 g/mol. The van der Waals surface area contributed by atoms with E-state index in [1.54, 1.807) is 24.1 Å². The first kappa shape index (κ1) is 15.4. The van der Waals surface area contributed by atoms with Crippen LogP contribution in [0, 0.1) is 6.92 Å². The van der Waals surface area contributed by atoms with E-state index in [1.165, 1.54) is 0 Å². The van der Waals surface area contributed by atoms with Crippen LogP contribution in [-0.4, -0.2) is 61.9 Å². The number of imidazole rings is 1. The quantitative estimate of drug-likeness (QED) is 0.839. The normalized spacial score (nSPS) is 19.1. The van der Waals surface area contributed by atoms with Crippen molar-refractivity contribution >= 4 is 5.91 Å². The molecule has 2 aromatic heterocycles. The van der Waals surface area contributed by atoms with Gasteiger partial charge in [0.25, 0.3) is 5.91 Å². The highest BCUT2D eigenvalue weighted by molar-refractivity contribution is 5.92. The van der Waals surface area contributed by atoms with Crippen molar-refractivity contribution in [2.75, 3.05) is 26.7 Å². The van der Waals surface area contributed by atoms with Crippen LogP contribution in [0.25, 0.3) is 0 Å². The Morgan fingerprint density at radius 2 is 2.13 bits per heavy atom. The number of carbonyl (C=O) groups excluding carboxylic acids is 1. The number of piperazine rings is 1. The van der Waals surface area contributed by atoms with E-state index in [0.717, 1.165) is 12.4 Å². The zero-order valence-electron chi connectivity index (χ0n) is 13.5. The Balaban J connectivity index is 1.84. The zero-order chi connectivity index (χ0) is 16.6. The number of aromatic nitrogens is 4. The van der Waals surface area contributed by atoms with E-state index in [1.807, 2.05) is 24.9 Å². The molecule has 0 aliphatic carbocycles. The zero-order valence-corrected chi connectivity index (χ0v) is 13.5. The van der Waals surface area contributed by atoms with Crippen LogP contribution in [0.3, 0.4) is 0 Å². The summed E-state index contributed by atoms with van der Waals surface area (Å²) in [6.07, 6.45) is 3.65. The molecule has 1 aliphatic rings. The Bertz CT molecular complexity index is 780. The molecule has 1 atom stereocenters. The van der Waals surface area contributed by atoms with Crippen molar-refractivity contribution in [1.82, 2.24) is 29.3 Å². The van der Waals surface area contributed by atoms with Crippen molar-refractivity contribution in [2.24, 2.45) is 7.05 Å². The van der Waals surface area contributed by atoms with E-state index in [0.29, 0.717) is 18.8 Å². The van der Waals surface area contributed by atoms with Crippen LogP contribution >= 0.6 is 0 Å². The molecule has 3 heterocycles. The van der Waals surface area contributed by atoms with E-state index in [2.05, 4.69) is 19.9 Å². The maximum atomic E-state index is 12.7. The summed E-state index contributed by atoms with van der Waals surface area (Å²) in [6, 6.07) is 1.63. The Morgan fingerprint density at radius 3 is 2.78 bits per heavy atom. The number of carbonyl (C=O) groups is 1. The van der Waals surface area contributed by atoms with Crippen molar-refractivity contribution in [2.45, 2.75) is 13.0 Å². The molecule has 8 nitrogen and oxygen atoms in total. The van der Waals surface area contributed by atoms with Gasteiger partial charge >= 0.3 is 5.69 Å². The van der Waals surface area contributed by atoms with Gasteiger partial charge in [0.1, 0.15) is 11.5 Å². The lowest BCUT2D eigenvalue weighted by Gasteiger charge is -2.38. The average Bonchev–Trinajstić information content (AvgIpc) is 2.92. The molecule has 1 aliphatic heterocycles. The van der Waals surface area contributed by atoms with Crippen LogP contribution < -0.4 is 5.69 Å². The lowest BCUT2D eigenvalue weighted by atomic mass is 10.1. The van der Waals surface area contributed by atoms with E-state index in [4.69, 9.17) is 0 Å². The number of nitrogens with zero attached hydrogens (tertiary/aromatic N) is 5. The molecule has 23 heavy (non-hydrogen) atoms. The summed E-state index contributed by atoms with van der Waals surface area (Å²) in [7, 11) is 3.97. The summed E-state index contributed by atoms with van der Waals surface area (Å²) in [5, 5.41) is 0. The number of aromatic amines is 1. The summed E-state index contributed by atoms with van der Waals surface area (Å²) >= 11 is 0. The molecule has 0 unspecified atom stereocenters. The SMILES string of the molecule is Cc1cc(C(=O)N2CCN(C)[C@@H](c3nccn3C)C2)nc(=O)[nH]1. The smallest absolute Gasteiger partial charge is 0.337 e. The number of rotatable bonds is 2. The van der Waals surface area contributed by atoms with Crippen molar-refractivity contribution in [3.63, 3.8) is 0 Å². The van der Waals surface area contributed by atoms with Crippen LogP contribution in [0.4, 0.5) is 0 Å². The van der Waals surface area contributed by atoms with E-state index in [9.17, 15) is 9.59 Å². The molecule has 122 valence electrons. The summed E-state index contributed by atoms with van der Waals surface area (Å²) in [5.41, 5.74) is 0.320. The lowest BCUT2D eigenvalue weighted by molar-refractivity contribution is 0.0522. The highest BCUT2D eigenvalue weighted by Gasteiger charge is 2.31. The van der Waals surface area contributed by atoms with Gasteiger partial charge in [0.05, 0.1) is 6.04 Å². The van der Waals surface area contributed by atoms with Crippen molar-refractivity contribution in [3.8, 4) is 0 Å². The third-order valence-corrected chi connectivity index (χ3v) is 4.19. The molecule has 8 heteroatoms. The minimum Gasteiger partial charge on any atom is -0.337 e. The summed E-state index contributed by atoms with van der Waals surface area (Å²) < 4.78 is 1.96. The molecule has 0 saturated carbocycles. The number of H-pyrrole nitrogens is 1. The molecule has 1 N–H and O–H groups in total. The molecule has 1 saturated heterocycles. The third kappa shape index (κ3) is 3.02. The molecule has 1 fully saturated rings. The number of hydrogen-bond acceptors (Lipinski definition) is 5. The van der Waals surface area contributed by atoms with Gasteiger partial charge in [0.15, 0.2) is 0 Å². The van der Waals surface area contributed by atoms with Crippen molar-refractivity contribution in [1.29, 1.82) is 0 Å². The van der Waals surface area contributed by atoms with Crippen LogP contribution in [0.1, 0.15) is 28.0 Å². The molecule has 2 aromatic rings. The van der Waals surface area contributed by atoms with Crippen molar-refractivity contribution in [3.05, 3.63) is 46.2 Å². The van der Waals surface area contributed by atoms with Gasteiger partial charge < -0.3 is 14.5 Å². The summed E-state index contributed by atoms with van der Waals surface area (Å²) in [6.45, 7) is 3.60. The van der Waals surface area contributed by atoms with Crippen LogP contribution in [0.2, 0.25) is 0 Å². The highest BCUT2D eigenvalue weighted by atomic mass is 16.2. The van der Waals surface area contributed by atoms with Crippen LogP contribution in [0.5, 0.6) is 0 Å². The fourth-order valence-corrected chi connectivity index (χ4v) is 2.89. The minimum atomic E-state index is -0.497. The molecular formula is C15H20N6O2. The van der Waals surface area contributed by atoms with Gasteiger partial charge in [0, 0.05) is 44.8 Å². The van der Waals surface area contributed by atoms with Gasteiger partial charge in [-0.15, -0.1) is 0 Å². The number of aryl methyl sites for hydroxylation is 2. The van der Waals surface area contributed by atoms with Gasteiger partial charge in [-0.3, -0.25) is 9.69 Å². The predicted molar refractivity (Wildman–Crippen MR) is 84.1 cm³/mol. The maximum absolute atomic E-state index is 12.7. The Kier molecular flexibility index (Phi) is 3.99. The van der Waals surface area contributed by atoms with Gasteiger partial charge in [-0.1, -0.05) is 0 Å². The monoisotopic (exact) mass is 316 g/mol. The van der Waals surface area contributed by atoms with E-state index in [-0.39, 0.29) is 17.6 Å². The van der Waals surface area contributed by atoms with Gasteiger partial charge in [-0.25, -0.2) is 9.78 Å². The molecular weight excluding hydrogens is 296 g/mol. The number of hydrogen-bond donors (Lipinski definition) is 1. The number of likely N-dealkylation sites (N-methyl/N-ethyl adjacent to an activating group) is 1. The standard InChI is InChI=1S/C15H20N6O2/c1-10-8-11(18-15(23)17-10)14(22)21-7-6-19(2)12(9-21)13-16-4-5-20(13)3/h4-5,8,12H,6-7,9H2,1-3H3,(H,17,18,23)/t12-/m1/s1. The molecule has 0 bridgehead atoms. The minimum absolute atomic E-state index is 0.0239. The van der Waals surface area contributed by atoms with Gasteiger partial charge in [-0.05, 0) is 20.0 Å². The van der Waals surface area contributed by atoms with Crippen LogP contribution in [0.15, 0.2) is 23.3 Å². The first-order valence-corrected chi connectivity index (χ1v) is 7.50. The fourth-order valence-electron chi connectivity index (χ4n) is 2.89. The van der Waals surface area contributed by atoms with Gasteiger partial charge in [-0.2, -0.15) is 4.98 Å². The topological polar surface area (TPSA) is 87.1 Å². The van der Waals surface area contributed by atoms with Crippen LogP contribution in [-0.2, 0) is 7.05 Å². The Morgan fingerprint density at radius 1 is 1.35 bits per heavy atom. The third-order valence-electron chi connectivity index (χ3n) is 4.19. The predicted octanol–water partition coefficient (Wildman–Crippen LogP) is -0.0593. The largest absolute Gasteiger partial charge is 0.345 e. The molecule has 0 aromatic carbocycles. The Hall–Kier alpha value is -2.48. The summed E-state index contributed by atoms with van der Waals surface area (Å²) in [4.78, 5) is 38.8. The first-order chi connectivity index (χ1) is 11.0. The second-order valence-corrected chi connectivity index (χ2v) is 5.90. The molecule has 3 rings (SSSR count). The molecule has 1 amide bonds. The maximum Gasteiger partial charge on any atom is 0.345 e. The van der Waals surface area contributed by atoms with Gasteiger partial charge in [0.2, 0.25) is 0 Å². The summed E-state index contributed by atoms with van der Waals surface area (Å²) in [5.74, 6) is 0.701. The highest BCUT2D eigenvalue weighted by Crippen LogP contribution is 2.23. The molecule has 0 radical (unpaired) electrons. The second kappa shape index (κ2) is 5.96. The fraction of sp³-hybridized carbons (Fsp3) is 0.467. The number of nitrogens with one attached hydrogen (secondary N) is 1. The van der Waals surface area contributed by atoms with E-state index < -0.39 is 5.69 Å². The Labute approximate surface area is 133 Å². The number of amides is 1. The van der Waals surface area contributed by atoms with Crippen molar-refractivity contribution < 1.29 is 4.79 Å². The molecule has 0 spiro atoms. The lowest BCUT2D eigenvalue weighted by Crippen LogP contribution is -2.50. The first-order valence-electron chi connectivity index (χ1n) is 7.50. The van der Waals surface area contributed by atoms with E-state index >= 15 is 0 Å². The second-order valence-electron chi connectivity index (χ2n) is 5.90.